The van der Waals surface area contributed by atoms with Crippen molar-refractivity contribution in [2.75, 3.05) is 0 Å². The van der Waals surface area contributed by atoms with E-state index < -0.39 is 0 Å². The maximum Gasteiger partial charge on any atom is 0.0431 e. The second kappa shape index (κ2) is 8.87. The van der Waals surface area contributed by atoms with E-state index >= 15 is 0 Å². The van der Waals surface area contributed by atoms with Crippen molar-refractivity contribution in [2.24, 2.45) is 0 Å². The summed E-state index contributed by atoms with van der Waals surface area (Å²) in [6.07, 6.45) is 3.56. The quantitative estimate of drug-likeness (QED) is 0.262. The molecule has 4 aromatic carbocycles. The summed E-state index contributed by atoms with van der Waals surface area (Å²) in [5.74, 6) is 0. The standard InChI is InChI=1S/C30H24.C2H6.CH4/c1-20-13-15-24-25-16-14-21(2)27-18-30(22-9-5-3-6-10-22,23-11-7-4-8-12-23)19-28(29(25)27)26(24)17-20;1-2;/h3-17,19H,18H2,1-2H3;1-2H3;1H4. The molecule has 0 aliphatic heterocycles. The fourth-order valence-electron chi connectivity index (χ4n) is 5.50. The van der Waals surface area contributed by atoms with Crippen LogP contribution in [0, 0.1) is 13.8 Å². The van der Waals surface area contributed by atoms with Crippen LogP contribution in [0.1, 0.15) is 60.2 Å². The van der Waals surface area contributed by atoms with E-state index in [1.165, 1.54) is 55.6 Å². The van der Waals surface area contributed by atoms with Gasteiger partial charge < -0.3 is 0 Å². The molecule has 0 heterocycles. The minimum atomic E-state index is -0.167. The van der Waals surface area contributed by atoms with Crippen LogP contribution in [0.5, 0.6) is 0 Å². The van der Waals surface area contributed by atoms with Gasteiger partial charge in [0.15, 0.2) is 0 Å². The molecule has 33 heavy (non-hydrogen) atoms. The van der Waals surface area contributed by atoms with Gasteiger partial charge in [0.25, 0.3) is 0 Å². The van der Waals surface area contributed by atoms with Crippen LogP contribution < -0.4 is 0 Å². The Labute approximate surface area is 199 Å². The lowest BCUT2D eigenvalue weighted by atomic mass is 9.65. The lowest BCUT2D eigenvalue weighted by Gasteiger charge is -2.38. The van der Waals surface area contributed by atoms with Gasteiger partial charge >= 0.3 is 0 Å². The number of aryl methyl sites for hydroxylation is 2. The van der Waals surface area contributed by atoms with Crippen molar-refractivity contribution in [3.05, 3.63) is 136 Å². The first-order valence-electron chi connectivity index (χ1n) is 11.8. The van der Waals surface area contributed by atoms with Crippen LogP contribution in [0.2, 0.25) is 0 Å². The molecule has 0 nitrogen and oxygen atoms in total. The van der Waals surface area contributed by atoms with Crippen molar-refractivity contribution in [2.45, 2.75) is 47.0 Å². The summed E-state index contributed by atoms with van der Waals surface area (Å²) in [5, 5.41) is 0. The van der Waals surface area contributed by atoms with Gasteiger partial charge in [-0.25, -0.2) is 0 Å². The highest BCUT2D eigenvalue weighted by molar-refractivity contribution is 6.04. The zero-order chi connectivity index (χ0) is 22.3. The SMILES string of the molecule is C.CC.Cc1ccc2c(c1)C1=CC(c3ccccc3)(c3ccccc3)Cc3c(C)ccc-2c31. The van der Waals surface area contributed by atoms with Gasteiger partial charge in [-0.1, -0.05) is 124 Å². The van der Waals surface area contributed by atoms with Crippen LogP contribution >= 0.6 is 0 Å². The van der Waals surface area contributed by atoms with Gasteiger partial charge in [-0.15, -0.1) is 0 Å². The molecule has 0 bridgehead atoms. The first-order chi connectivity index (χ1) is 15.7. The second-order valence-electron chi connectivity index (χ2n) is 8.77. The summed E-state index contributed by atoms with van der Waals surface area (Å²) in [6.45, 7) is 8.47. The summed E-state index contributed by atoms with van der Waals surface area (Å²) >= 11 is 0. The molecule has 4 aromatic rings. The molecule has 0 heteroatoms. The zero-order valence-electron chi connectivity index (χ0n) is 19.4. The number of hydrogen-bond acceptors (Lipinski definition) is 0. The molecule has 0 saturated heterocycles. The molecule has 0 saturated carbocycles. The van der Waals surface area contributed by atoms with E-state index in [-0.39, 0.29) is 12.8 Å². The second-order valence-corrected chi connectivity index (χ2v) is 8.77. The first-order valence-corrected chi connectivity index (χ1v) is 11.8. The van der Waals surface area contributed by atoms with Crippen molar-refractivity contribution in [3.8, 4) is 11.1 Å². The lowest BCUT2D eigenvalue weighted by Crippen LogP contribution is -2.32. The molecule has 0 fully saturated rings. The Kier molecular flexibility index (Phi) is 6.13. The highest BCUT2D eigenvalue weighted by Gasteiger charge is 2.41. The molecule has 0 aromatic heterocycles. The summed E-state index contributed by atoms with van der Waals surface area (Å²) in [5.41, 5.74) is 13.8. The maximum atomic E-state index is 2.56. The Hall–Kier alpha value is -3.38. The molecule has 2 aliphatic carbocycles. The molecular formula is C33H34. The average molecular weight is 431 g/mol. The molecule has 6 rings (SSSR count). The molecule has 0 unspecified atom stereocenters. The first kappa shape index (κ1) is 22.8. The van der Waals surface area contributed by atoms with Crippen molar-refractivity contribution >= 4 is 5.57 Å². The monoisotopic (exact) mass is 430 g/mol. The molecule has 0 atom stereocenters. The highest BCUT2D eigenvalue weighted by atomic mass is 14.4. The Morgan fingerprint density at radius 2 is 1.21 bits per heavy atom. The summed E-state index contributed by atoms with van der Waals surface area (Å²) in [7, 11) is 0. The van der Waals surface area contributed by atoms with Crippen LogP contribution in [0.4, 0.5) is 0 Å². The topological polar surface area (TPSA) is 0 Å². The maximum absolute atomic E-state index is 2.56. The van der Waals surface area contributed by atoms with Gasteiger partial charge in [0.2, 0.25) is 0 Å². The molecule has 166 valence electrons. The van der Waals surface area contributed by atoms with Crippen molar-refractivity contribution in [1.82, 2.24) is 0 Å². The molecule has 0 radical (unpaired) electrons. The third-order valence-electron chi connectivity index (χ3n) is 7.00. The molecular weight excluding hydrogens is 396 g/mol. The van der Waals surface area contributed by atoms with E-state index in [1.807, 2.05) is 13.8 Å². The molecule has 0 spiro atoms. The van der Waals surface area contributed by atoms with Gasteiger partial charge in [0, 0.05) is 5.41 Å². The molecule has 0 N–H and O–H groups in total. The molecule has 2 aliphatic rings. The third kappa shape index (κ3) is 3.45. The van der Waals surface area contributed by atoms with Gasteiger partial charge in [0.05, 0.1) is 0 Å². The van der Waals surface area contributed by atoms with E-state index in [1.54, 1.807) is 0 Å². The van der Waals surface area contributed by atoms with Gasteiger partial charge in [0.1, 0.15) is 0 Å². The van der Waals surface area contributed by atoms with Gasteiger partial charge in [-0.05, 0) is 70.3 Å². The normalized spacial score (nSPS) is 14.1. The fraction of sp³-hybridized carbons (Fsp3) is 0.212. The van der Waals surface area contributed by atoms with Crippen molar-refractivity contribution in [3.63, 3.8) is 0 Å². The highest BCUT2D eigenvalue weighted by Crippen LogP contribution is 2.54. The van der Waals surface area contributed by atoms with E-state index in [9.17, 15) is 0 Å². The van der Waals surface area contributed by atoms with Gasteiger partial charge in [-0.2, -0.15) is 0 Å². The fourth-order valence-corrected chi connectivity index (χ4v) is 5.50. The van der Waals surface area contributed by atoms with Crippen LogP contribution in [0.15, 0.2) is 97.1 Å². The van der Waals surface area contributed by atoms with Gasteiger partial charge in [-0.3, -0.25) is 0 Å². The van der Waals surface area contributed by atoms with Crippen molar-refractivity contribution in [1.29, 1.82) is 0 Å². The average Bonchev–Trinajstić information content (AvgIpc) is 3.17. The zero-order valence-corrected chi connectivity index (χ0v) is 19.4. The Balaban J connectivity index is 0.000000842. The van der Waals surface area contributed by atoms with E-state index in [2.05, 4.69) is 111 Å². The Morgan fingerprint density at radius 1 is 0.636 bits per heavy atom. The third-order valence-corrected chi connectivity index (χ3v) is 7.00. The largest absolute Gasteiger partial charge is 0.0776 e. The lowest BCUT2D eigenvalue weighted by molar-refractivity contribution is 0.629. The summed E-state index contributed by atoms with van der Waals surface area (Å²) in [6, 6.07) is 33.6. The number of allylic oxidation sites excluding steroid dienone is 1. The Bertz CT molecular complexity index is 1270. The smallest absolute Gasteiger partial charge is 0.0431 e. The number of rotatable bonds is 2. The van der Waals surface area contributed by atoms with E-state index in [4.69, 9.17) is 0 Å². The number of hydrogen-bond donors (Lipinski definition) is 0. The molecule has 0 amide bonds. The summed E-state index contributed by atoms with van der Waals surface area (Å²) in [4.78, 5) is 0. The summed E-state index contributed by atoms with van der Waals surface area (Å²) < 4.78 is 0. The van der Waals surface area contributed by atoms with Crippen LogP contribution in [-0.2, 0) is 11.8 Å². The van der Waals surface area contributed by atoms with Crippen LogP contribution in [0.25, 0.3) is 16.7 Å². The van der Waals surface area contributed by atoms with Crippen LogP contribution in [-0.4, -0.2) is 0 Å². The van der Waals surface area contributed by atoms with Crippen LogP contribution in [0.3, 0.4) is 0 Å². The predicted octanol–water partition coefficient (Wildman–Crippen LogP) is 8.92. The Morgan fingerprint density at radius 3 is 1.82 bits per heavy atom. The minimum Gasteiger partial charge on any atom is -0.0776 e. The minimum absolute atomic E-state index is 0. The van der Waals surface area contributed by atoms with E-state index in [0.29, 0.717) is 0 Å². The van der Waals surface area contributed by atoms with E-state index in [0.717, 1.165) is 6.42 Å². The van der Waals surface area contributed by atoms with Crippen molar-refractivity contribution < 1.29 is 0 Å². The predicted molar refractivity (Wildman–Crippen MR) is 144 cm³/mol. The number of benzene rings is 4. The number of fused-ring (bicyclic) bond motifs is 3.